The molecule has 0 saturated carbocycles. The molecule has 1 aliphatic rings. The Morgan fingerprint density at radius 1 is 0.565 bits per heavy atom. The maximum absolute atomic E-state index is 11.7. The molecule has 0 aliphatic heterocycles. The number of fused-ring (bicyclic) bond motifs is 3. The van der Waals surface area contributed by atoms with Gasteiger partial charge in [0.1, 0.15) is 37.8 Å². The lowest BCUT2D eigenvalue weighted by Gasteiger charge is -2.19. The molecule has 4 atom stereocenters. The van der Waals surface area contributed by atoms with Gasteiger partial charge in [-0.1, -0.05) is 104 Å². The molecule has 0 unspecified atom stereocenters. The molecule has 2 aromatic rings. The molecule has 0 bridgehead atoms. The molecular weight excluding hydrogens is 927 g/mol. The fourth-order valence-corrected chi connectivity index (χ4v) is 7.98. The number of nitrogens with one attached hydrogen (secondary N) is 3. The van der Waals surface area contributed by atoms with Crippen LogP contribution in [0.2, 0.25) is 0 Å². The highest BCUT2D eigenvalue weighted by atomic mass is 32.2. The number of likely N-dealkylation sites (N-methyl/N-ethyl adjacent to an activating group) is 1. The van der Waals surface area contributed by atoms with Crippen LogP contribution in [0.15, 0.2) is 48.5 Å². The van der Waals surface area contributed by atoms with E-state index < -0.39 is 18.2 Å². The van der Waals surface area contributed by atoms with Gasteiger partial charge in [-0.15, -0.1) is 0 Å². The van der Waals surface area contributed by atoms with Gasteiger partial charge in [-0.25, -0.2) is 0 Å². The first-order valence-corrected chi connectivity index (χ1v) is 26.1. The summed E-state index contributed by atoms with van der Waals surface area (Å²) in [5, 5.41) is 8.41. The number of hydrogen-bond donors (Lipinski definition) is 3. The zero-order valence-corrected chi connectivity index (χ0v) is 44.4. The Bertz CT molecular complexity index is 1820. The molecule has 3 N–H and O–H groups in total. The number of carbonyl (C=O) groups is 8. The van der Waals surface area contributed by atoms with Crippen LogP contribution in [0, 0.1) is 5.92 Å². The molecule has 0 heterocycles. The van der Waals surface area contributed by atoms with Crippen LogP contribution in [-0.2, 0) is 62.0 Å². The van der Waals surface area contributed by atoms with Gasteiger partial charge in [-0.2, -0.15) is 23.5 Å². The Balaban J connectivity index is 0.000000968. The predicted octanol–water partition coefficient (Wildman–Crippen LogP) is 6.88. The second kappa shape index (κ2) is 39.0. The third-order valence-electron chi connectivity index (χ3n) is 9.93. The summed E-state index contributed by atoms with van der Waals surface area (Å²) in [6, 6.07) is 16.1. The maximum atomic E-state index is 11.7. The van der Waals surface area contributed by atoms with Crippen molar-refractivity contribution in [1.29, 1.82) is 0 Å². The Morgan fingerprint density at radius 3 is 1.38 bits per heavy atom. The van der Waals surface area contributed by atoms with Gasteiger partial charge >= 0.3 is 29.8 Å². The number of esters is 5. The quantitative estimate of drug-likeness (QED) is 0.0585. The Morgan fingerprint density at radius 2 is 0.986 bits per heavy atom. The number of carbonyl (C=O) groups excluding carboxylic acids is 8. The first-order valence-electron chi connectivity index (χ1n) is 23.8. The van der Waals surface area contributed by atoms with Crippen molar-refractivity contribution >= 4 is 70.8 Å². The highest BCUT2D eigenvalue weighted by molar-refractivity contribution is 7.99. The maximum Gasteiger partial charge on any atom is 0.305 e. The number of amides is 1. The average Bonchev–Trinajstić information content (AvgIpc) is 3.68. The van der Waals surface area contributed by atoms with Gasteiger partial charge in [0, 0.05) is 73.4 Å². The van der Waals surface area contributed by atoms with Crippen LogP contribution in [-0.4, -0.2) is 136 Å². The summed E-state index contributed by atoms with van der Waals surface area (Å²) >= 11 is 2.88. The van der Waals surface area contributed by atoms with Gasteiger partial charge in [0.15, 0.2) is 5.78 Å². The van der Waals surface area contributed by atoms with Crippen LogP contribution in [0.25, 0.3) is 11.1 Å². The minimum Gasteiger partial charge on any atom is -0.465 e. The Hall–Kier alpha value is -4.78. The molecular formula is C51H79N3O13S2. The number of Topliss-reactive ketones (excluding diaryl/α,β-unsaturated/α-hetero) is 2. The van der Waals surface area contributed by atoms with E-state index in [1.165, 1.54) is 52.7 Å². The van der Waals surface area contributed by atoms with Crippen molar-refractivity contribution in [2.45, 2.75) is 125 Å². The van der Waals surface area contributed by atoms with E-state index in [0.717, 1.165) is 6.54 Å². The zero-order valence-electron chi connectivity index (χ0n) is 42.7. The number of benzene rings is 2. The Kier molecular flexibility index (Phi) is 36.3. The summed E-state index contributed by atoms with van der Waals surface area (Å²) in [6.45, 7) is 17.6. The van der Waals surface area contributed by atoms with Gasteiger partial charge in [0.05, 0.1) is 12.6 Å². The second-order valence-corrected chi connectivity index (χ2v) is 17.7. The number of ketones is 2. The van der Waals surface area contributed by atoms with E-state index in [9.17, 15) is 38.4 Å². The van der Waals surface area contributed by atoms with Crippen LogP contribution >= 0.6 is 23.5 Å². The number of thioether (sulfide) groups is 2. The molecule has 388 valence electrons. The van der Waals surface area contributed by atoms with Crippen LogP contribution in [0.3, 0.4) is 0 Å². The first-order chi connectivity index (χ1) is 33.0. The van der Waals surface area contributed by atoms with Crippen molar-refractivity contribution in [3.8, 4) is 11.1 Å². The zero-order chi connectivity index (χ0) is 52.1. The Labute approximate surface area is 418 Å². The molecule has 16 nitrogen and oxygen atoms in total. The van der Waals surface area contributed by atoms with E-state index in [-0.39, 0.29) is 98.1 Å². The minimum absolute atomic E-state index is 0.0164. The molecule has 18 heteroatoms. The summed E-state index contributed by atoms with van der Waals surface area (Å²) in [5.41, 5.74) is 5.03. The normalized spacial score (nSPS) is 12.7. The molecule has 69 heavy (non-hydrogen) atoms. The highest BCUT2D eigenvalue weighted by Gasteiger charge is 2.29. The summed E-state index contributed by atoms with van der Waals surface area (Å²) in [4.78, 5) is 91.3. The molecule has 3 rings (SSSR count). The van der Waals surface area contributed by atoms with Gasteiger partial charge in [-0.05, 0) is 49.8 Å². The summed E-state index contributed by atoms with van der Waals surface area (Å²) in [6.07, 6.45) is 0.723. The molecule has 0 spiro atoms. The van der Waals surface area contributed by atoms with Crippen molar-refractivity contribution in [3.05, 3.63) is 59.7 Å². The lowest BCUT2D eigenvalue weighted by Crippen LogP contribution is -2.41. The second-order valence-electron chi connectivity index (χ2n) is 15.5. The van der Waals surface area contributed by atoms with E-state index >= 15 is 0 Å². The number of rotatable bonds is 28. The fraction of sp³-hybridized carbons (Fsp3) is 0.608. The molecule has 2 aromatic carbocycles. The van der Waals surface area contributed by atoms with Gasteiger partial charge in [0.2, 0.25) is 5.91 Å². The van der Waals surface area contributed by atoms with Crippen LogP contribution in [0.5, 0.6) is 0 Å². The molecule has 1 aliphatic carbocycles. The average molecular weight is 1010 g/mol. The largest absolute Gasteiger partial charge is 0.465 e. The summed E-state index contributed by atoms with van der Waals surface area (Å²) in [7, 11) is 3.67. The summed E-state index contributed by atoms with van der Waals surface area (Å²) < 4.78 is 25.9. The minimum atomic E-state index is -0.580. The molecule has 0 fully saturated rings. The van der Waals surface area contributed by atoms with Crippen LogP contribution in [0.4, 0.5) is 0 Å². The van der Waals surface area contributed by atoms with E-state index in [1.807, 2.05) is 33.0 Å². The van der Waals surface area contributed by atoms with Gasteiger partial charge in [-0.3, -0.25) is 38.4 Å². The smallest absolute Gasteiger partial charge is 0.305 e. The molecule has 0 saturated heterocycles. The lowest BCUT2D eigenvalue weighted by atomic mass is 9.98. The van der Waals surface area contributed by atoms with E-state index in [2.05, 4.69) is 59.3 Å². The number of hydrogen-bond acceptors (Lipinski definition) is 17. The topological polar surface area (TPSA) is 219 Å². The van der Waals surface area contributed by atoms with Crippen molar-refractivity contribution in [3.63, 3.8) is 0 Å². The molecule has 0 radical (unpaired) electrons. The fourth-order valence-electron chi connectivity index (χ4n) is 5.76. The van der Waals surface area contributed by atoms with Gasteiger partial charge < -0.3 is 39.6 Å². The van der Waals surface area contributed by atoms with Gasteiger partial charge in [0.25, 0.3) is 0 Å². The van der Waals surface area contributed by atoms with Crippen molar-refractivity contribution in [2.24, 2.45) is 5.92 Å². The lowest BCUT2D eigenvalue weighted by molar-refractivity contribution is -0.157. The summed E-state index contributed by atoms with van der Waals surface area (Å²) in [5.74, 6) is 0.269. The predicted molar refractivity (Wildman–Crippen MR) is 273 cm³/mol. The third kappa shape index (κ3) is 27.9. The van der Waals surface area contributed by atoms with E-state index in [4.69, 9.17) is 23.7 Å². The van der Waals surface area contributed by atoms with Crippen LogP contribution in [0.1, 0.15) is 118 Å². The van der Waals surface area contributed by atoms with Crippen molar-refractivity contribution < 1.29 is 62.0 Å². The first kappa shape index (κ1) is 64.2. The standard InChI is InChI=1S/C17H16O2.C16H27NO6S.C15H27NO5S.C3H9N/c1-2-17(18)19-11-16-14-9-5-3-7-12(14)13-8-4-6-10-15(13)16;1-5-14(19)17-13(11(4)18)10-24-9-12(23-16(21)7-3)8-22-15(20)6-2;1-5-14(18)20-8-12(21-15(19)6-2)10-22-9-11(3)13(17)7-16-4;1-3-4-2/h3-10,16H,2,11H2,1H3;12-13H,5-10H2,1-4H3,(H,17,19);11-12,16H,5-10H2,1-4H3;4H,3H2,1-2H3/t;12-,13-;11-,12-;/m.00./s1. The third-order valence-corrected chi connectivity index (χ3v) is 12.5. The molecule has 0 aromatic heterocycles. The van der Waals surface area contributed by atoms with E-state index in [1.54, 1.807) is 41.7 Å². The highest BCUT2D eigenvalue weighted by Crippen LogP contribution is 2.44. The number of ether oxygens (including phenoxy) is 5. The van der Waals surface area contributed by atoms with Crippen LogP contribution < -0.4 is 16.0 Å². The molecule has 1 amide bonds. The van der Waals surface area contributed by atoms with Crippen molar-refractivity contribution in [1.82, 2.24) is 16.0 Å². The van der Waals surface area contributed by atoms with E-state index in [0.29, 0.717) is 49.0 Å². The van der Waals surface area contributed by atoms with Crippen molar-refractivity contribution in [2.75, 3.05) is 70.0 Å². The SMILES string of the molecule is CCC(=O)N[C@@H](CSC[C@H](COC(=O)CC)OC(=O)CC)C(C)=O.CCC(=O)OCC1c2ccccc2-c2ccccc21.CCC(=O)OC[C@@H](CSC[C@H](C)C(=O)CNC)OC(=O)CC.CCNC. The monoisotopic (exact) mass is 1010 g/mol.